The van der Waals surface area contributed by atoms with E-state index >= 15 is 0 Å². The van der Waals surface area contributed by atoms with Crippen LogP contribution in [0.2, 0.25) is 0 Å². The summed E-state index contributed by atoms with van der Waals surface area (Å²) in [5, 5.41) is 11.5. The Labute approximate surface area is 162 Å². The molecule has 2 heterocycles. The maximum Gasteiger partial charge on any atom is 0.219 e. The first-order chi connectivity index (χ1) is 13.8. The molecule has 0 fully saturated rings. The number of fused-ring (bicyclic) bond motifs is 1. The highest BCUT2D eigenvalue weighted by Crippen LogP contribution is 2.28. The number of nitrogens with one attached hydrogen (secondary N) is 1. The van der Waals surface area contributed by atoms with Crippen LogP contribution in [-0.2, 0) is 6.54 Å². The molecule has 0 unspecified atom stereocenters. The minimum atomic E-state index is 0.327. The van der Waals surface area contributed by atoms with Gasteiger partial charge in [-0.2, -0.15) is 0 Å². The van der Waals surface area contributed by atoms with E-state index in [-0.39, 0.29) is 0 Å². The molecule has 0 radical (unpaired) electrons. The largest absolute Gasteiger partial charge is 0.438 e. The van der Waals surface area contributed by atoms with Crippen molar-refractivity contribution in [3.63, 3.8) is 0 Å². The predicted octanol–water partition coefficient (Wildman–Crippen LogP) is 4.35. The van der Waals surface area contributed by atoms with Crippen LogP contribution >= 0.6 is 0 Å². The van der Waals surface area contributed by atoms with Crippen LogP contribution in [0.4, 0.5) is 0 Å². The first kappa shape index (κ1) is 17.6. The van der Waals surface area contributed by atoms with Crippen LogP contribution in [0.5, 0.6) is 11.6 Å². The fraction of sp³-hybridized carbons (Fsp3) is 0.0455. The molecule has 0 amide bonds. The zero-order chi connectivity index (χ0) is 19.2. The molecule has 138 valence electrons. The van der Waals surface area contributed by atoms with Gasteiger partial charge in [-0.3, -0.25) is 20.7 Å². The standard InChI is InChI=1S/C22H18N4O2/c27-26-22(25-14-16-5-4-12-23-13-16)18-10-11-21(24-15-18)28-20-9-3-7-17-6-1-2-8-19(17)20/h1-13,15,27H,14H2,(H,25,26). The number of aromatic nitrogens is 2. The van der Waals surface area contributed by atoms with Crippen molar-refractivity contribution < 1.29 is 9.94 Å². The van der Waals surface area contributed by atoms with Crippen molar-refractivity contribution in [1.29, 1.82) is 0 Å². The molecule has 0 bridgehead atoms. The van der Waals surface area contributed by atoms with Crippen molar-refractivity contribution >= 4 is 16.6 Å². The van der Waals surface area contributed by atoms with Crippen molar-refractivity contribution in [2.24, 2.45) is 4.99 Å². The van der Waals surface area contributed by atoms with E-state index in [0.717, 1.165) is 22.1 Å². The molecule has 2 aromatic heterocycles. The first-order valence-corrected chi connectivity index (χ1v) is 8.79. The quantitative estimate of drug-likeness (QED) is 0.310. The lowest BCUT2D eigenvalue weighted by atomic mass is 10.1. The number of hydrogen-bond donors (Lipinski definition) is 2. The van der Waals surface area contributed by atoms with Crippen LogP contribution in [0.15, 0.2) is 90.3 Å². The van der Waals surface area contributed by atoms with Gasteiger partial charge in [0.25, 0.3) is 0 Å². The minimum Gasteiger partial charge on any atom is -0.438 e. The van der Waals surface area contributed by atoms with Gasteiger partial charge in [-0.15, -0.1) is 0 Å². The van der Waals surface area contributed by atoms with E-state index in [9.17, 15) is 5.21 Å². The average Bonchev–Trinajstić information content (AvgIpc) is 2.76. The SMILES string of the molecule is ONC(=NCc1cccnc1)c1ccc(Oc2cccc3ccccc23)nc1. The summed E-state index contributed by atoms with van der Waals surface area (Å²) >= 11 is 0. The fourth-order valence-electron chi connectivity index (χ4n) is 2.83. The molecule has 0 saturated carbocycles. The minimum absolute atomic E-state index is 0.327. The summed E-state index contributed by atoms with van der Waals surface area (Å²) in [6.07, 6.45) is 5.04. The van der Waals surface area contributed by atoms with Gasteiger partial charge >= 0.3 is 0 Å². The van der Waals surface area contributed by atoms with Crippen LogP contribution in [-0.4, -0.2) is 21.0 Å². The third-order valence-electron chi connectivity index (χ3n) is 4.22. The number of aliphatic imine (C=N–C) groups is 1. The molecular formula is C22H18N4O2. The van der Waals surface area contributed by atoms with Gasteiger partial charge in [0.2, 0.25) is 5.88 Å². The Morgan fingerprint density at radius 3 is 2.64 bits per heavy atom. The molecule has 0 aliphatic heterocycles. The second-order valence-corrected chi connectivity index (χ2v) is 6.10. The Bertz CT molecular complexity index is 1090. The van der Waals surface area contributed by atoms with Crippen LogP contribution in [0.25, 0.3) is 10.8 Å². The zero-order valence-corrected chi connectivity index (χ0v) is 15.0. The van der Waals surface area contributed by atoms with Gasteiger partial charge in [-0.05, 0) is 29.1 Å². The van der Waals surface area contributed by atoms with Crippen molar-refractivity contribution in [1.82, 2.24) is 15.4 Å². The van der Waals surface area contributed by atoms with Gasteiger partial charge in [0.15, 0.2) is 5.84 Å². The summed E-state index contributed by atoms with van der Waals surface area (Å²) < 4.78 is 5.95. The number of benzene rings is 2. The monoisotopic (exact) mass is 370 g/mol. The molecule has 28 heavy (non-hydrogen) atoms. The summed E-state index contributed by atoms with van der Waals surface area (Å²) in [5.41, 5.74) is 3.72. The highest BCUT2D eigenvalue weighted by atomic mass is 16.5. The second kappa shape index (κ2) is 8.28. The second-order valence-electron chi connectivity index (χ2n) is 6.10. The maximum absolute atomic E-state index is 9.42. The number of hydroxylamine groups is 1. The van der Waals surface area contributed by atoms with Gasteiger partial charge in [0, 0.05) is 35.6 Å². The number of pyridine rings is 2. The molecule has 0 saturated heterocycles. The Morgan fingerprint density at radius 1 is 0.964 bits per heavy atom. The van der Waals surface area contributed by atoms with Crippen LogP contribution < -0.4 is 10.2 Å². The van der Waals surface area contributed by atoms with Gasteiger partial charge in [-0.25, -0.2) is 4.98 Å². The Morgan fingerprint density at radius 2 is 1.86 bits per heavy atom. The predicted molar refractivity (Wildman–Crippen MR) is 108 cm³/mol. The first-order valence-electron chi connectivity index (χ1n) is 8.79. The van der Waals surface area contributed by atoms with Gasteiger partial charge < -0.3 is 4.74 Å². The normalized spacial score (nSPS) is 11.4. The topological polar surface area (TPSA) is 79.6 Å². The lowest BCUT2D eigenvalue weighted by molar-refractivity contribution is 0.234. The highest BCUT2D eigenvalue weighted by Gasteiger charge is 2.07. The molecule has 6 heteroatoms. The van der Waals surface area contributed by atoms with E-state index in [1.807, 2.05) is 54.6 Å². The molecule has 6 nitrogen and oxygen atoms in total. The lowest BCUT2D eigenvalue weighted by Crippen LogP contribution is -2.20. The molecule has 0 aliphatic carbocycles. The van der Waals surface area contributed by atoms with E-state index in [4.69, 9.17) is 4.74 Å². The highest BCUT2D eigenvalue weighted by molar-refractivity contribution is 5.97. The molecule has 4 aromatic rings. The molecule has 0 aliphatic rings. The summed E-state index contributed by atoms with van der Waals surface area (Å²) in [6.45, 7) is 0.394. The van der Waals surface area contributed by atoms with Crippen molar-refractivity contribution in [3.8, 4) is 11.6 Å². The number of hydrogen-bond acceptors (Lipinski definition) is 5. The maximum atomic E-state index is 9.42. The van der Waals surface area contributed by atoms with E-state index < -0.39 is 0 Å². The van der Waals surface area contributed by atoms with Crippen molar-refractivity contribution in [2.45, 2.75) is 6.54 Å². The molecule has 2 aromatic carbocycles. The van der Waals surface area contributed by atoms with E-state index in [1.165, 1.54) is 0 Å². The molecular weight excluding hydrogens is 352 g/mol. The summed E-state index contributed by atoms with van der Waals surface area (Å²) in [5.74, 6) is 1.53. The molecule has 2 N–H and O–H groups in total. The lowest BCUT2D eigenvalue weighted by Gasteiger charge is -2.09. The van der Waals surface area contributed by atoms with E-state index in [1.54, 1.807) is 30.7 Å². The Balaban J connectivity index is 1.52. The van der Waals surface area contributed by atoms with E-state index in [2.05, 4.69) is 20.4 Å². The smallest absolute Gasteiger partial charge is 0.219 e. The number of rotatable bonds is 5. The van der Waals surface area contributed by atoms with Gasteiger partial charge in [0.05, 0.1) is 6.54 Å². The van der Waals surface area contributed by atoms with Crippen LogP contribution in [0, 0.1) is 0 Å². The number of nitrogens with zero attached hydrogens (tertiary/aromatic N) is 3. The summed E-state index contributed by atoms with van der Waals surface area (Å²) in [7, 11) is 0. The van der Waals surface area contributed by atoms with Crippen LogP contribution in [0.3, 0.4) is 0 Å². The average molecular weight is 370 g/mol. The van der Waals surface area contributed by atoms with Crippen LogP contribution in [0.1, 0.15) is 11.1 Å². The molecule has 0 spiro atoms. The van der Waals surface area contributed by atoms with Crippen molar-refractivity contribution in [2.75, 3.05) is 0 Å². The Hall–Kier alpha value is -3.77. The third-order valence-corrected chi connectivity index (χ3v) is 4.22. The number of ether oxygens (including phenoxy) is 1. The summed E-state index contributed by atoms with van der Waals surface area (Å²) in [4.78, 5) is 12.8. The van der Waals surface area contributed by atoms with E-state index in [0.29, 0.717) is 23.8 Å². The van der Waals surface area contributed by atoms with Gasteiger partial charge in [-0.1, -0.05) is 42.5 Å². The number of amidine groups is 1. The molecule has 0 atom stereocenters. The third kappa shape index (κ3) is 3.97. The van der Waals surface area contributed by atoms with Crippen molar-refractivity contribution in [3.05, 3.63) is 96.4 Å². The fourth-order valence-corrected chi connectivity index (χ4v) is 2.83. The van der Waals surface area contributed by atoms with Gasteiger partial charge in [0.1, 0.15) is 5.75 Å². The molecule has 4 rings (SSSR count). The Kier molecular flexibility index (Phi) is 5.22. The zero-order valence-electron chi connectivity index (χ0n) is 15.0. The summed E-state index contributed by atoms with van der Waals surface area (Å²) in [6, 6.07) is 21.2.